The van der Waals surface area contributed by atoms with Crippen LogP contribution in [0.15, 0.2) is 24.3 Å². The van der Waals surface area contributed by atoms with Gasteiger partial charge in [0.05, 0.1) is 0 Å². The molecule has 2 heteroatoms. The molecule has 1 aliphatic rings. The van der Waals surface area contributed by atoms with E-state index >= 15 is 0 Å². The maximum Gasteiger partial charge on any atom is 0.132 e. The molecule has 17 heavy (non-hydrogen) atoms. The standard InChI is InChI=1S/C15H18FN/c16-13-8-5-9-14-12(13)10-15(17-14)11-6-3-1-2-4-7-11/h5,8-11,17H,1-4,6-7H2. The number of hydrogen-bond acceptors (Lipinski definition) is 0. The molecule has 0 aliphatic heterocycles. The second kappa shape index (κ2) is 4.52. The third-order valence-corrected chi connectivity index (χ3v) is 3.93. The Morgan fingerprint density at radius 2 is 1.82 bits per heavy atom. The van der Waals surface area contributed by atoms with Crippen LogP contribution in [0.4, 0.5) is 4.39 Å². The molecule has 1 saturated carbocycles. The first-order valence-electron chi connectivity index (χ1n) is 6.62. The van der Waals surface area contributed by atoms with Gasteiger partial charge in [-0.1, -0.05) is 31.7 Å². The van der Waals surface area contributed by atoms with Crippen molar-refractivity contribution >= 4 is 10.9 Å². The summed E-state index contributed by atoms with van der Waals surface area (Å²) in [5.41, 5.74) is 2.16. The van der Waals surface area contributed by atoms with Crippen molar-refractivity contribution in [2.45, 2.75) is 44.4 Å². The molecule has 0 spiro atoms. The first-order chi connectivity index (χ1) is 8.34. The normalized spacial score (nSPS) is 18.4. The molecule has 0 atom stereocenters. The Morgan fingerprint density at radius 1 is 1.06 bits per heavy atom. The monoisotopic (exact) mass is 231 g/mol. The van der Waals surface area contributed by atoms with E-state index in [2.05, 4.69) is 4.98 Å². The largest absolute Gasteiger partial charge is 0.358 e. The third-order valence-electron chi connectivity index (χ3n) is 3.93. The van der Waals surface area contributed by atoms with Crippen molar-refractivity contribution in [1.29, 1.82) is 0 Å². The number of aromatic nitrogens is 1. The van der Waals surface area contributed by atoms with Gasteiger partial charge >= 0.3 is 0 Å². The van der Waals surface area contributed by atoms with Gasteiger partial charge in [0.25, 0.3) is 0 Å². The lowest BCUT2D eigenvalue weighted by Crippen LogP contribution is -1.96. The molecular formula is C15H18FN. The fourth-order valence-corrected chi connectivity index (χ4v) is 2.95. The Labute approximate surface area is 101 Å². The van der Waals surface area contributed by atoms with Gasteiger partial charge in [-0.05, 0) is 37.0 Å². The molecule has 1 heterocycles. The van der Waals surface area contributed by atoms with Crippen LogP contribution in [-0.2, 0) is 0 Å². The van der Waals surface area contributed by atoms with Crippen LogP contribution in [-0.4, -0.2) is 4.98 Å². The molecule has 0 radical (unpaired) electrons. The molecule has 0 saturated heterocycles. The van der Waals surface area contributed by atoms with Gasteiger partial charge in [-0.25, -0.2) is 4.39 Å². The quantitative estimate of drug-likeness (QED) is 0.682. The van der Waals surface area contributed by atoms with Gasteiger partial charge in [0.1, 0.15) is 5.82 Å². The van der Waals surface area contributed by atoms with Crippen molar-refractivity contribution in [3.05, 3.63) is 35.8 Å². The summed E-state index contributed by atoms with van der Waals surface area (Å²) in [6.07, 6.45) is 7.81. The van der Waals surface area contributed by atoms with E-state index in [0.717, 1.165) is 10.9 Å². The van der Waals surface area contributed by atoms with E-state index in [1.807, 2.05) is 12.1 Å². The lowest BCUT2D eigenvalue weighted by atomic mass is 9.97. The highest BCUT2D eigenvalue weighted by molar-refractivity contribution is 5.81. The summed E-state index contributed by atoms with van der Waals surface area (Å²) in [7, 11) is 0. The molecule has 3 rings (SSSR count). The molecule has 1 aliphatic carbocycles. The summed E-state index contributed by atoms with van der Waals surface area (Å²) in [6.45, 7) is 0. The second-order valence-electron chi connectivity index (χ2n) is 5.11. The molecule has 0 bridgehead atoms. The number of halogens is 1. The molecule has 2 aromatic rings. The molecule has 0 unspecified atom stereocenters. The summed E-state index contributed by atoms with van der Waals surface area (Å²) in [6, 6.07) is 7.28. The number of hydrogen-bond donors (Lipinski definition) is 1. The fourth-order valence-electron chi connectivity index (χ4n) is 2.95. The van der Waals surface area contributed by atoms with Crippen LogP contribution < -0.4 is 0 Å². The van der Waals surface area contributed by atoms with Crippen molar-refractivity contribution in [1.82, 2.24) is 4.98 Å². The van der Waals surface area contributed by atoms with Crippen LogP contribution in [0.1, 0.15) is 50.1 Å². The molecule has 1 fully saturated rings. The van der Waals surface area contributed by atoms with Crippen LogP contribution in [0, 0.1) is 5.82 Å². The van der Waals surface area contributed by atoms with E-state index in [1.54, 1.807) is 6.07 Å². The number of H-pyrrole nitrogens is 1. The van der Waals surface area contributed by atoms with Crippen LogP contribution >= 0.6 is 0 Å². The lowest BCUT2D eigenvalue weighted by Gasteiger charge is -2.11. The minimum Gasteiger partial charge on any atom is -0.358 e. The van der Waals surface area contributed by atoms with Crippen LogP contribution in [0.25, 0.3) is 10.9 Å². The van der Waals surface area contributed by atoms with Crippen molar-refractivity contribution in [2.75, 3.05) is 0 Å². The lowest BCUT2D eigenvalue weighted by molar-refractivity contribution is 0.581. The summed E-state index contributed by atoms with van der Waals surface area (Å²) in [4.78, 5) is 3.39. The zero-order valence-corrected chi connectivity index (χ0v) is 10.0. The molecule has 1 aromatic heterocycles. The predicted octanol–water partition coefficient (Wildman–Crippen LogP) is 4.74. The summed E-state index contributed by atoms with van der Waals surface area (Å²) >= 11 is 0. The van der Waals surface area contributed by atoms with Gasteiger partial charge < -0.3 is 4.98 Å². The van der Waals surface area contributed by atoms with Gasteiger partial charge in [-0.3, -0.25) is 0 Å². The number of fused-ring (bicyclic) bond motifs is 1. The Morgan fingerprint density at radius 3 is 2.53 bits per heavy atom. The van der Waals surface area contributed by atoms with E-state index in [-0.39, 0.29) is 5.82 Å². The average molecular weight is 231 g/mol. The van der Waals surface area contributed by atoms with Gasteiger partial charge in [0.2, 0.25) is 0 Å². The predicted molar refractivity (Wildman–Crippen MR) is 68.7 cm³/mol. The number of rotatable bonds is 1. The SMILES string of the molecule is Fc1cccc2[nH]c(C3CCCCCC3)cc12. The Kier molecular flexibility index (Phi) is 2.87. The number of benzene rings is 1. The topological polar surface area (TPSA) is 15.8 Å². The molecule has 1 nitrogen and oxygen atoms in total. The van der Waals surface area contributed by atoms with E-state index in [1.165, 1.54) is 50.3 Å². The maximum atomic E-state index is 13.6. The van der Waals surface area contributed by atoms with Crippen molar-refractivity contribution in [3.8, 4) is 0 Å². The Bertz CT molecular complexity index is 507. The molecule has 1 N–H and O–H groups in total. The van der Waals surface area contributed by atoms with Gasteiger partial charge in [0, 0.05) is 16.6 Å². The smallest absolute Gasteiger partial charge is 0.132 e. The highest BCUT2D eigenvalue weighted by atomic mass is 19.1. The average Bonchev–Trinajstić information content (AvgIpc) is 2.59. The van der Waals surface area contributed by atoms with E-state index < -0.39 is 0 Å². The van der Waals surface area contributed by atoms with Crippen LogP contribution in [0.2, 0.25) is 0 Å². The van der Waals surface area contributed by atoms with Crippen LogP contribution in [0.3, 0.4) is 0 Å². The van der Waals surface area contributed by atoms with E-state index in [0.29, 0.717) is 5.92 Å². The first kappa shape index (κ1) is 10.8. The Balaban J connectivity index is 1.96. The van der Waals surface area contributed by atoms with Gasteiger partial charge in [0.15, 0.2) is 0 Å². The Hall–Kier alpha value is -1.31. The van der Waals surface area contributed by atoms with Gasteiger partial charge in [-0.2, -0.15) is 0 Å². The summed E-state index contributed by atoms with van der Waals surface area (Å²) < 4.78 is 13.6. The minimum atomic E-state index is -0.112. The van der Waals surface area contributed by atoms with Crippen molar-refractivity contribution in [3.63, 3.8) is 0 Å². The fraction of sp³-hybridized carbons (Fsp3) is 0.467. The molecule has 90 valence electrons. The number of aromatic amines is 1. The first-order valence-corrected chi connectivity index (χ1v) is 6.62. The van der Waals surface area contributed by atoms with E-state index in [9.17, 15) is 4.39 Å². The number of nitrogens with one attached hydrogen (secondary N) is 1. The maximum absolute atomic E-state index is 13.6. The molecule has 1 aromatic carbocycles. The highest BCUT2D eigenvalue weighted by Crippen LogP contribution is 2.33. The minimum absolute atomic E-state index is 0.112. The van der Waals surface area contributed by atoms with Crippen molar-refractivity contribution in [2.24, 2.45) is 0 Å². The second-order valence-corrected chi connectivity index (χ2v) is 5.11. The summed E-state index contributed by atoms with van der Waals surface area (Å²) in [5, 5.41) is 0.742. The van der Waals surface area contributed by atoms with Gasteiger partial charge in [-0.15, -0.1) is 0 Å². The van der Waals surface area contributed by atoms with Crippen molar-refractivity contribution < 1.29 is 4.39 Å². The highest BCUT2D eigenvalue weighted by Gasteiger charge is 2.17. The molecule has 0 amide bonds. The summed E-state index contributed by atoms with van der Waals surface area (Å²) in [5.74, 6) is 0.489. The zero-order chi connectivity index (χ0) is 11.7. The zero-order valence-electron chi connectivity index (χ0n) is 10.0. The van der Waals surface area contributed by atoms with E-state index in [4.69, 9.17) is 0 Å². The third kappa shape index (κ3) is 2.08. The molecular weight excluding hydrogens is 213 g/mol. The van der Waals surface area contributed by atoms with Crippen LogP contribution in [0.5, 0.6) is 0 Å².